The molecule has 1 fully saturated rings. The van der Waals surface area contributed by atoms with Crippen molar-refractivity contribution in [2.24, 2.45) is 5.92 Å². The van der Waals surface area contributed by atoms with Crippen molar-refractivity contribution in [3.8, 4) is 0 Å². The Kier molecular flexibility index (Phi) is 5.23. The first kappa shape index (κ1) is 15.5. The third kappa shape index (κ3) is 3.84. The molecule has 20 heavy (non-hydrogen) atoms. The summed E-state index contributed by atoms with van der Waals surface area (Å²) in [6.45, 7) is 0.494. The standard InChI is InChI=1S/C13H20ClN3O2S/c1-15-13-12(14)7-11(9-16-13)20(18,19)17-8-10-5-3-2-4-6-10/h7,9-10,17H,2-6,8H2,1H3,(H,15,16). The Hall–Kier alpha value is -0.850. The van der Waals surface area contributed by atoms with Crippen molar-refractivity contribution in [3.05, 3.63) is 17.3 Å². The molecule has 0 radical (unpaired) electrons. The topological polar surface area (TPSA) is 71.1 Å². The number of aromatic nitrogens is 1. The Morgan fingerprint density at radius 1 is 1.35 bits per heavy atom. The second-order valence-corrected chi connectivity index (χ2v) is 7.28. The van der Waals surface area contributed by atoms with Crippen LogP contribution in [0.15, 0.2) is 17.2 Å². The smallest absolute Gasteiger partial charge is 0.242 e. The van der Waals surface area contributed by atoms with Gasteiger partial charge < -0.3 is 5.32 Å². The number of halogens is 1. The van der Waals surface area contributed by atoms with E-state index in [2.05, 4.69) is 15.0 Å². The maximum atomic E-state index is 12.2. The molecule has 1 aliphatic carbocycles. The van der Waals surface area contributed by atoms with E-state index in [-0.39, 0.29) is 4.90 Å². The minimum atomic E-state index is -3.53. The lowest BCUT2D eigenvalue weighted by Gasteiger charge is -2.21. The van der Waals surface area contributed by atoms with E-state index in [1.54, 1.807) is 7.05 Å². The minimum Gasteiger partial charge on any atom is -0.372 e. The SMILES string of the molecule is CNc1ncc(S(=O)(=O)NCC2CCCCC2)cc1Cl. The van der Waals surface area contributed by atoms with Crippen molar-refractivity contribution < 1.29 is 8.42 Å². The van der Waals surface area contributed by atoms with Crippen molar-refractivity contribution >= 4 is 27.4 Å². The quantitative estimate of drug-likeness (QED) is 0.875. The van der Waals surface area contributed by atoms with Gasteiger partial charge in [-0.25, -0.2) is 18.1 Å². The molecule has 0 atom stereocenters. The van der Waals surface area contributed by atoms with Crippen molar-refractivity contribution in [3.63, 3.8) is 0 Å². The van der Waals surface area contributed by atoms with Gasteiger partial charge in [0.05, 0.1) is 5.02 Å². The number of hydrogen-bond acceptors (Lipinski definition) is 4. The van der Waals surface area contributed by atoms with Crippen LogP contribution in [0.1, 0.15) is 32.1 Å². The summed E-state index contributed by atoms with van der Waals surface area (Å²) in [4.78, 5) is 4.10. The van der Waals surface area contributed by atoms with E-state index >= 15 is 0 Å². The summed E-state index contributed by atoms with van der Waals surface area (Å²) >= 11 is 5.97. The summed E-state index contributed by atoms with van der Waals surface area (Å²) in [5, 5.41) is 3.10. The van der Waals surface area contributed by atoms with E-state index in [0.717, 1.165) is 12.8 Å². The van der Waals surface area contributed by atoms with Gasteiger partial charge in [-0.15, -0.1) is 0 Å². The van der Waals surface area contributed by atoms with E-state index in [4.69, 9.17) is 11.6 Å². The Bertz CT molecular complexity index is 557. The van der Waals surface area contributed by atoms with Crippen LogP contribution in [-0.4, -0.2) is 27.0 Å². The number of rotatable bonds is 5. The van der Waals surface area contributed by atoms with Crippen LogP contribution in [0.5, 0.6) is 0 Å². The van der Waals surface area contributed by atoms with Gasteiger partial charge >= 0.3 is 0 Å². The van der Waals surface area contributed by atoms with Crippen LogP contribution in [0.25, 0.3) is 0 Å². The number of pyridine rings is 1. The number of hydrogen-bond donors (Lipinski definition) is 2. The second-order valence-electron chi connectivity index (χ2n) is 5.11. The minimum absolute atomic E-state index is 0.109. The molecule has 2 rings (SSSR count). The van der Waals surface area contributed by atoms with E-state index in [9.17, 15) is 8.42 Å². The highest BCUT2D eigenvalue weighted by Crippen LogP contribution is 2.24. The Labute approximate surface area is 125 Å². The summed E-state index contributed by atoms with van der Waals surface area (Å²) in [6, 6.07) is 1.42. The summed E-state index contributed by atoms with van der Waals surface area (Å²) in [7, 11) is -1.85. The number of nitrogens with one attached hydrogen (secondary N) is 2. The van der Waals surface area contributed by atoms with Gasteiger partial charge in [-0.2, -0.15) is 0 Å². The van der Waals surface area contributed by atoms with Crippen LogP contribution in [0.3, 0.4) is 0 Å². The molecule has 0 aliphatic heterocycles. The highest BCUT2D eigenvalue weighted by atomic mass is 35.5. The van der Waals surface area contributed by atoms with Gasteiger partial charge in [0.1, 0.15) is 10.7 Å². The third-order valence-electron chi connectivity index (χ3n) is 3.65. The highest BCUT2D eigenvalue weighted by Gasteiger charge is 2.20. The normalized spacial score (nSPS) is 17.1. The van der Waals surface area contributed by atoms with Crippen LogP contribution in [-0.2, 0) is 10.0 Å². The first-order chi connectivity index (χ1) is 9.53. The van der Waals surface area contributed by atoms with Gasteiger partial charge in [-0.3, -0.25) is 0 Å². The molecule has 0 unspecified atom stereocenters. The lowest BCUT2D eigenvalue weighted by atomic mass is 9.90. The number of anilines is 1. The number of nitrogens with zero attached hydrogens (tertiary/aromatic N) is 1. The van der Waals surface area contributed by atoms with Crippen molar-refractivity contribution in [2.45, 2.75) is 37.0 Å². The van der Waals surface area contributed by atoms with Crippen molar-refractivity contribution in [2.75, 3.05) is 18.9 Å². The summed E-state index contributed by atoms with van der Waals surface area (Å²) < 4.78 is 27.1. The lowest BCUT2D eigenvalue weighted by molar-refractivity contribution is 0.357. The Morgan fingerprint density at radius 2 is 2.05 bits per heavy atom. The summed E-state index contributed by atoms with van der Waals surface area (Å²) in [6.07, 6.45) is 7.16. The molecule has 0 spiro atoms. The molecule has 1 heterocycles. The van der Waals surface area contributed by atoms with E-state index < -0.39 is 10.0 Å². The van der Waals surface area contributed by atoms with Crippen molar-refractivity contribution in [1.29, 1.82) is 0 Å². The molecule has 0 bridgehead atoms. The first-order valence-electron chi connectivity index (χ1n) is 6.86. The zero-order valence-electron chi connectivity index (χ0n) is 11.5. The van der Waals surface area contributed by atoms with Gasteiger partial charge in [0, 0.05) is 19.8 Å². The van der Waals surface area contributed by atoms with Crippen LogP contribution in [0.4, 0.5) is 5.82 Å². The maximum Gasteiger partial charge on any atom is 0.242 e. The highest BCUT2D eigenvalue weighted by molar-refractivity contribution is 7.89. The van der Waals surface area contributed by atoms with Crippen molar-refractivity contribution in [1.82, 2.24) is 9.71 Å². The molecule has 1 saturated carbocycles. The predicted molar refractivity (Wildman–Crippen MR) is 80.6 cm³/mol. The molecule has 0 amide bonds. The van der Waals surface area contributed by atoms with Crippen LogP contribution in [0.2, 0.25) is 5.02 Å². The third-order valence-corrected chi connectivity index (χ3v) is 5.33. The average molecular weight is 318 g/mol. The Morgan fingerprint density at radius 3 is 2.65 bits per heavy atom. The largest absolute Gasteiger partial charge is 0.372 e. The monoisotopic (exact) mass is 317 g/mol. The molecular weight excluding hydrogens is 298 g/mol. The molecule has 7 heteroatoms. The lowest BCUT2D eigenvalue weighted by Crippen LogP contribution is -2.30. The van der Waals surface area contributed by atoms with Gasteiger partial charge in [-0.1, -0.05) is 30.9 Å². The molecule has 5 nitrogen and oxygen atoms in total. The molecule has 1 aromatic rings. The average Bonchev–Trinajstić information content (AvgIpc) is 2.46. The molecule has 1 aromatic heterocycles. The van der Waals surface area contributed by atoms with Crippen LogP contribution in [0, 0.1) is 5.92 Å². The van der Waals surface area contributed by atoms with Gasteiger partial charge in [0.15, 0.2) is 0 Å². The van der Waals surface area contributed by atoms with E-state index in [0.29, 0.717) is 23.3 Å². The fourth-order valence-electron chi connectivity index (χ4n) is 2.45. The first-order valence-corrected chi connectivity index (χ1v) is 8.72. The molecule has 1 aliphatic rings. The fraction of sp³-hybridized carbons (Fsp3) is 0.615. The predicted octanol–water partition coefficient (Wildman–Crippen LogP) is 2.64. The molecule has 112 valence electrons. The zero-order valence-corrected chi connectivity index (χ0v) is 13.1. The van der Waals surface area contributed by atoms with Crippen LogP contribution >= 0.6 is 11.6 Å². The van der Waals surface area contributed by atoms with Gasteiger partial charge in [0.25, 0.3) is 0 Å². The summed E-state index contributed by atoms with van der Waals surface area (Å²) in [5.74, 6) is 0.913. The Balaban J connectivity index is 2.04. The molecule has 0 aromatic carbocycles. The van der Waals surface area contributed by atoms with Gasteiger partial charge in [-0.05, 0) is 24.8 Å². The maximum absolute atomic E-state index is 12.2. The van der Waals surface area contributed by atoms with Crippen LogP contribution < -0.4 is 10.0 Å². The second kappa shape index (κ2) is 6.74. The zero-order chi connectivity index (χ0) is 14.6. The van der Waals surface area contributed by atoms with E-state index in [1.165, 1.54) is 31.5 Å². The summed E-state index contributed by atoms with van der Waals surface area (Å²) in [5.41, 5.74) is 0. The number of sulfonamides is 1. The van der Waals surface area contributed by atoms with Gasteiger partial charge in [0.2, 0.25) is 10.0 Å². The van der Waals surface area contributed by atoms with E-state index in [1.807, 2.05) is 0 Å². The molecular formula is C13H20ClN3O2S. The fourth-order valence-corrected chi connectivity index (χ4v) is 3.87. The molecule has 2 N–H and O–H groups in total. The molecule has 0 saturated heterocycles.